The van der Waals surface area contributed by atoms with E-state index in [-0.39, 0.29) is 44.0 Å². The van der Waals surface area contributed by atoms with E-state index in [0.29, 0.717) is 41.8 Å². The molecule has 0 aromatic heterocycles. The molecule has 0 saturated carbocycles. The van der Waals surface area contributed by atoms with Crippen molar-refractivity contribution in [1.29, 1.82) is 0 Å². The molecule has 2 atom stereocenters. The highest BCUT2D eigenvalue weighted by Gasteiger charge is 2.40. The normalized spacial score (nSPS) is 21.1. The zero-order valence-corrected chi connectivity index (χ0v) is 25.7. The highest BCUT2D eigenvalue weighted by molar-refractivity contribution is 7.86. The molecule has 0 spiro atoms. The smallest absolute Gasteiger partial charge is 0.339 e. The Morgan fingerprint density at radius 2 is 1.64 bits per heavy atom. The van der Waals surface area contributed by atoms with Crippen LogP contribution in [0.5, 0.6) is 0 Å². The van der Waals surface area contributed by atoms with Gasteiger partial charge in [-0.2, -0.15) is 30.2 Å². The monoisotopic (exact) mass is 653 g/mol. The zero-order chi connectivity index (χ0) is 31.0. The summed E-state index contributed by atoms with van der Waals surface area (Å²) >= 11 is 12.4. The Balaban J connectivity index is 1.48. The number of hydrogen-bond acceptors (Lipinski definition) is 5. The fraction of sp³-hybridized carbons (Fsp3) is 0.519. The number of piperazine rings is 1. The van der Waals surface area contributed by atoms with Crippen molar-refractivity contribution in [3.8, 4) is 0 Å². The maximum atomic E-state index is 14.3. The zero-order valence-electron chi connectivity index (χ0n) is 23.4. The molecule has 42 heavy (non-hydrogen) atoms. The van der Waals surface area contributed by atoms with Gasteiger partial charge >= 0.3 is 6.18 Å². The van der Waals surface area contributed by atoms with Gasteiger partial charge in [-0.3, -0.25) is 14.6 Å². The lowest BCUT2D eigenvalue weighted by molar-refractivity contribution is -0.140. The van der Waals surface area contributed by atoms with E-state index in [1.807, 2.05) is 15.9 Å². The van der Waals surface area contributed by atoms with Crippen molar-refractivity contribution in [2.75, 3.05) is 67.0 Å². The number of rotatable bonds is 8. The van der Waals surface area contributed by atoms with Gasteiger partial charge in [0.1, 0.15) is 5.82 Å². The number of carbonyl (C=O) groups is 1. The van der Waals surface area contributed by atoms with Gasteiger partial charge in [-0.1, -0.05) is 35.3 Å². The molecule has 2 aliphatic rings. The second kappa shape index (κ2) is 12.9. The summed E-state index contributed by atoms with van der Waals surface area (Å²) in [5.74, 6) is -1.66. The average Bonchev–Trinajstić information content (AvgIpc) is 3.36. The van der Waals surface area contributed by atoms with Gasteiger partial charge in [0.15, 0.2) is 0 Å². The van der Waals surface area contributed by atoms with Gasteiger partial charge in [-0.25, -0.2) is 4.39 Å². The number of nitrogens with zero attached hydrogens (tertiary/aromatic N) is 5. The predicted octanol–water partition coefficient (Wildman–Crippen LogP) is 4.00. The van der Waals surface area contributed by atoms with Gasteiger partial charge in [0.05, 0.1) is 22.2 Å². The van der Waals surface area contributed by atoms with Crippen molar-refractivity contribution < 1.29 is 30.8 Å². The van der Waals surface area contributed by atoms with E-state index in [1.54, 1.807) is 24.1 Å². The molecule has 2 saturated heterocycles. The fourth-order valence-corrected chi connectivity index (χ4v) is 6.83. The maximum Gasteiger partial charge on any atom is 0.419 e. The summed E-state index contributed by atoms with van der Waals surface area (Å²) in [7, 11) is 1.21. The Bertz CT molecular complexity index is 1400. The minimum Gasteiger partial charge on any atom is -0.339 e. The van der Waals surface area contributed by atoms with E-state index in [9.17, 15) is 30.8 Å². The molecular formula is C27H33Cl2F4N5O3S. The number of benzene rings is 2. The first kappa shape index (κ1) is 32.9. The average molecular weight is 655 g/mol. The summed E-state index contributed by atoms with van der Waals surface area (Å²) in [5, 5.41) is 0.739. The van der Waals surface area contributed by atoms with Crippen molar-refractivity contribution in [3.05, 3.63) is 69.0 Å². The molecule has 2 aromatic rings. The van der Waals surface area contributed by atoms with Crippen LogP contribution in [0.25, 0.3) is 0 Å². The molecule has 232 valence electrons. The molecule has 0 radical (unpaired) electrons. The van der Waals surface area contributed by atoms with Gasteiger partial charge < -0.3 is 4.90 Å². The summed E-state index contributed by atoms with van der Waals surface area (Å²) in [6, 6.07) is 7.88. The van der Waals surface area contributed by atoms with Crippen LogP contribution in [0, 0.1) is 5.82 Å². The van der Waals surface area contributed by atoms with E-state index < -0.39 is 27.8 Å². The molecule has 8 nitrogen and oxygen atoms in total. The number of likely N-dealkylation sites (tertiary alicyclic amines) is 1. The molecule has 2 heterocycles. The number of amides is 1. The van der Waals surface area contributed by atoms with Crippen LogP contribution in [0.2, 0.25) is 10.0 Å². The van der Waals surface area contributed by atoms with E-state index in [0.717, 1.165) is 22.0 Å². The minimum atomic E-state index is -4.78. The molecule has 15 heteroatoms. The van der Waals surface area contributed by atoms with Crippen LogP contribution in [0.15, 0.2) is 36.4 Å². The number of likely N-dealkylation sites (N-methyl/N-ethyl adjacent to an activating group) is 1. The Labute approximate surface area is 253 Å². The summed E-state index contributed by atoms with van der Waals surface area (Å²) in [6.07, 6.45) is -4.78. The van der Waals surface area contributed by atoms with Crippen LogP contribution < -0.4 is 0 Å². The molecular weight excluding hydrogens is 621 g/mol. The van der Waals surface area contributed by atoms with Crippen molar-refractivity contribution in [3.63, 3.8) is 0 Å². The number of halogens is 6. The first-order chi connectivity index (χ1) is 19.6. The van der Waals surface area contributed by atoms with Gasteiger partial charge in [0, 0.05) is 71.9 Å². The van der Waals surface area contributed by atoms with Gasteiger partial charge in [-0.05, 0) is 42.4 Å². The highest BCUT2D eigenvalue weighted by Crippen LogP contribution is 2.36. The molecule has 1 amide bonds. The second-order valence-electron chi connectivity index (χ2n) is 10.8. The van der Waals surface area contributed by atoms with E-state index in [2.05, 4.69) is 0 Å². The summed E-state index contributed by atoms with van der Waals surface area (Å²) < 4.78 is 80.7. The lowest BCUT2D eigenvalue weighted by Gasteiger charge is -2.35. The van der Waals surface area contributed by atoms with Crippen molar-refractivity contribution in [2.45, 2.75) is 24.7 Å². The molecule has 2 aliphatic heterocycles. The van der Waals surface area contributed by atoms with Crippen LogP contribution in [0.1, 0.15) is 22.6 Å². The third-order valence-corrected chi connectivity index (χ3v) is 10.5. The van der Waals surface area contributed by atoms with Crippen molar-refractivity contribution in [2.24, 2.45) is 0 Å². The predicted molar refractivity (Wildman–Crippen MR) is 153 cm³/mol. The van der Waals surface area contributed by atoms with E-state index >= 15 is 0 Å². The lowest BCUT2D eigenvalue weighted by atomic mass is 9.93. The highest BCUT2D eigenvalue weighted by atomic mass is 35.5. The van der Waals surface area contributed by atoms with Crippen LogP contribution in [-0.4, -0.2) is 111 Å². The van der Waals surface area contributed by atoms with E-state index in [1.165, 1.54) is 24.5 Å². The van der Waals surface area contributed by atoms with Crippen LogP contribution in [0.3, 0.4) is 0 Å². The Hall–Kier alpha value is -2.00. The molecule has 0 N–H and O–H groups in total. The first-order valence-electron chi connectivity index (χ1n) is 13.3. The largest absolute Gasteiger partial charge is 0.419 e. The third-order valence-electron chi connectivity index (χ3n) is 7.83. The van der Waals surface area contributed by atoms with Gasteiger partial charge in [0.25, 0.3) is 10.2 Å². The van der Waals surface area contributed by atoms with Crippen molar-refractivity contribution >= 4 is 39.3 Å². The topological polar surface area (TPSA) is 67.4 Å². The SMILES string of the molecule is CN(Cc1ccc(C(F)(F)F)c(F)c1)C1CN(C(=O)CN2CCN(S(=O)(=O)N(C)C)CC2)CC1c1ccc(Cl)c(Cl)c1. The minimum absolute atomic E-state index is 0.116. The molecule has 0 aliphatic carbocycles. The Morgan fingerprint density at radius 1 is 0.976 bits per heavy atom. The third kappa shape index (κ3) is 7.37. The summed E-state index contributed by atoms with van der Waals surface area (Å²) in [5.41, 5.74) is -0.107. The van der Waals surface area contributed by atoms with Crippen LogP contribution >= 0.6 is 23.2 Å². The Morgan fingerprint density at radius 3 is 2.21 bits per heavy atom. The van der Waals surface area contributed by atoms with Gasteiger partial charge in [0.2, 0.25) is 5.91 Å². The molecule has 0 bridgehead atoms. The number of hydrogen-bond donors (Lipinski definition) is 0. The molecule has 4 rings (SSSR count). The van der Waals surface area contributed by atoms with Crippen LogP contribution in [0.4, 0.5) is 17.6 Å². The standard InChI is InChI=1S/C27H33Cl2F4N5O3S/c1-34(2)42(40,41)38-10-8-36(9-11-38)17-26(39)37-15-20(19-5-7-22(28)23(29)13-19)25(16-37)35(3)14-18-4-6-21(24(30)12-18)27(31,32)33/h4-7,12-13,20,25H,8-11,14-17H2,1-3H3. The quantitative estimate of drug-likeness (QED) is 0.403. The first-order valence-corrected chi connectivity index (χ1v) is 15.4. The maximum absolute atomic E-state index is 14.3. The summed E-state index contributed by atoms with van der Waals surface area (Å²) in [6.45, 7) is 2.33. The summed E-state index contributed by atoms with van der Waals surface area (Å²) in [4.78, 5) is 19.0. The number of carbonyl (C=O) groups excluding carboxylic acids is 1. The number of alkyl halides is 3. The second-order valence-corrected chi connectivity index (χ2v) is 13.8. The van der Waals surface area contributed by atoms with E-state index in [4.69, 9.17) is 23.2 Å². The molecule has 2 fully saturated rings. The van der Waals surface area contributed by atoms with Crippen LogP contribution in [-0.2, 0) is 27.7 Å². The van der Waals surface area contributed by atoms with Gasteiger partial charge in [-0.15, -0.1) is 0 Å². The molecule has 2 unspecified atom stereocenters. The Kier molecular flexibility index (Phi) is 10.1. The fourth-order valence-electron chi connectivity index (χ4n) is 5.44. The van der Waals surface area contributed by atoms with Crippen molar-refractivity contribution in [1.82, 2.24) is 23.3 Å². The lowest BCUT2D eigenvalue weighted by Crippen LogP contribution is -2.53. The molecule has 2 aromatic carbocycles.